The van der Waals surface area contributed by atoms with Crippen molar-refractivity contribution in [2.24, 2.45) is 11.8 Å². The minimum Gasteiger partial charge on any atom is -0.316 e. The van der Waals surface area contributed by atoms with Crippen molar-refractivity contribution in [2.45, 2.75) is 37.4 Å². The Kier molecular flexibility index (Phi) is 3.88. The fourth-order valence-electron chi connectivity index (χ4n) is 2.77. The molecule has 1 saturated carbocycles. The number of ketones is 1. The Morgan fingerprint density at radius 3 is 2.53 bits per heavy atom. The monoisotopic (exact) mass is 259 g/mol. The molecule has 2 fully saturated rings. The first-order valence-electron chi connectivity index (χ1n) is 6.39. The molecule has 98 valence electrons. The molecule has 0 aromatic carbocycles. The highest BCUT2D eigenvalue weighted by molar-refractivity contribution is 7.91. The van der Waals surface area contributed by atoms with Crippen LogP contribution in [0.3, 0.4) is 0 Å². The summed E-state index contributed by atoms with van der Waals surface area (Å²) >= 11 is 0. The molecule has 0 bridgehead atoms. The molecule has 2 atom stereocenters. The molecule has 1 aliphatic heterocycles. The number of hydrogen-bond acceptors (Lipinski definition) is 4. The highest BCUT2D eigenvalue weighted by Gasteiger charge is 2.33. The summed E-state index contributed by atoms with van der Waals surface area (Å²) in [6.07, 6.45) is 4.96. The van der Waals surface area contributed by atoms with Crippen molar-refractivity contribution in [3.63, 3.8) is 0 Å². The van der Waals surface area contributed by atoms with Gasteiger partial charge in [0.25, 0.3) is 0 Å². The van der Waals surface area contributed by atoms with Crippen LogP contribution in [0.2, 0.25) is 0 Å². The van der Waals surface area contributed by atoms with Gasteiger partial charge in [0.15, 0.2) is 0 Å². The minimum absolute atomic E-state index is 0.0101. The zero-order chi connectivity index (χ0) is 12.5. The second-order valence-corrected chi connectivity index (χ2v) is 7.84. The quantitative estimate of drug-likeness (QED) is 0.810. The Labute approximate surface area is 103 Å². The van der Waals surface area contributed by atoms with Gasteiger partial charge in [-0.15, -0.1) is 0 Å². The van der Waals surface area contributed by atoms with Gasteiger partial charge in [0.2, 0.25) is 0 Å². The number of sulfone groups is 1. The van der Waals surface area contributed by atoms with Gasteiger partial charge in [0.05, 0.1) is 5.25 Å². The van der Waals surface area contributed by atoms with E-state index in [1.54, 1.807) is 0 Å². The van der Waals surface area contributed by atoms with Gasteiger partial charge in [-0.3, -0.25) is 4.79 Å². The lowest BCUT2D eigenvalue weighted by molar-refractivity contribution is -0.125. The van der Waals surface area contributed by atoms with Gasteiger partial charge >= 0.3 is 0 Å². The first-order chi connectivity index (χ1) is 7.97. The zero-order valence-corrected chi connectivity index (χ0v) is 11.1. The first kappa shape index (κ1) is 13.0. The summed E-state index contributed by atoms with van der Waals surface area (Å²) in [5, 5.41) is 2.87. The number of nitrogens with one attached hydrogen (secondary N) is 1. The molecule has 0 aromatic heterocycles. The maximum Gasteiger partial charge on any atom is 0.150 e. The molecule has 1 heterocycles. The van der Waals surface area contributed by atoms with Crippen molar-refractivity contribution in [3.8, 4) is 0 Å². The van der Waals surface area contributed by atoms with Crippen LogP contribution in [-0.4, -0.2) is 38.8 Å². The summed E-state index contributed by atoms with van der Waals surface area (Å²) in [5.74, 6) is 0.759. The molecule has 17 heavy (non-hydrogen) atoms. The summed E-state index contributed by atoms with van der Waals surface area (Å²) in [5.41, 5.74) is 0. The number of carbonyl (C=O) groups excluding carboxylic acids is 1. The van der Waals surface area contributed by atoms with Gasteiger partial charge in [-0.25, -0.2) is 8.42 Å². The van der Waals surface area contributed by atoms with E-state index in [0.29, 0.717) is 18.8 Å². The highest BCUT2D eigenvalue weighted by atomic mass is 32.2. The standard InChI is InChI=1S/C12H21NO3S/c1-17(15,16)11-4-2-3-10(6-11)12(14)5-9-7-13-8-9/h9-11,13H,2-8H2,1H3. The second kappa shape index (κ2) is 5.06. The molecule has 5 heteroatoms. The number of Topliss-reactive ketones (excluding diaryl/α,β-unsaturated/α-hetero) is 1. The Morgan fingerprint density at radius 2 is 2.00 bits per heavy atom. The average Bonchev–Trinajstić information content (AvgIpc) is 2.22. The van der Waals surface area contributed by atoms with Crippen molar-refractivity contribution in [1.29, 1.82) is 0 Å². The minimum atomic E-state index is -2.98. The molecule has 0 radical (unpaired) electrons. The van der Waals surface area contributed by atoms with Crippen molar-refractivity contribution in [1.82, 2.24) is 5.32 Å². The molecule has 1 saturated heterocycles. The molecular formula is C12H21NO3S. The van der Waals surface area contributed by atoms with E-state index in [2.05, 4.69) is 5.32 Å². The Hall–Kier alpha value is -0.420. The molecule has 2 unspecified atom stereocenters. The Morgan fingerprint density at radius 1 is 1.29 bits per heavy atom. The lowest BCUT2D eigenvalue weighted by atomic mass is 9.82. The summed E-state index contributed by atoms with van der Waals surface area (Å²) in [4.78, 5) is 12.1. The SMILES string of the molecule is CS(=O)(=O)C1CCCC(C(=O)CC2CNC2)C1. The molecular weight excluding hydrogens is 238 g/mol. The van der Waals surface area contributed by atoms with Crippen LogP contribution in [0, 0.1) is 11.8 Å². The van der Waals surface area contributed by atoms with E-state index in [1.807, 2.05) is 0 Å². The van der Waals surface area contributed by atoms with Crippen molar-refractivity contribution in [3.05, 3.63) is 0 Å². The van der Waals surface area contributed by atoms with E-state index in [4.69, 9.17) is 0 Å². The Bertz CT molecular complexity index is 387. The normalized spacial score (nSPS) is 30.9. The van der Waals surface area contributed by atoms with E-state index < -0.39 is 9.84 Å². The fraction of sp³-hybridized carbons (Fsp3) is 0.917. The summed E-state index contributed by atoms with van der Waals surface area (Å²) < 4.78 is 23.0. The predicted molar refractivity (Wildman–Crippen MR) is 66.6 cm³/mol. The maximum absolute atomic E-state index is 12.1. The molecule has 0 spiro atoms. The molecule has 0 aromatic rings. The van der Waals surface area contributed by atoms with Gasteiger partial charge in [-0.1, -0.05) is 6.42 Å². The van der Waals surface area contributed by atoms with Crippen LogP contribution in [0.4, 0.5) is 0 Å². The van der Waals surface area contributed by atoms with Crippen molar-refractivity contribution < 1.29 is 13.2 Å². The number of rotatable bonds is 4. The van der Waals surface area contributed by atoms with E-state index in [1.165, 1.54) is 6.26 Å². The van der Waals surface area contributed by atoms with E-state index >= 15 is 0 Å². The third kappa shape index (κ3) is 3.28. The smallest absolute Gasteiger partial charge is 0.150 e. The largest absolute Gasteiger partial charge is 0.316 e. The van der Waals surface area contributed by atoms with Gasteiger partial charge in [0, 0.05) is 18.6 Å². The fourth-order valence-corrected chi connectivity index (χ4v) is 3.95. The molecule has 1 N–H and O–H groups in total. The van der Waals surface area contributed by atoms with Crippen LogP contribution in [0.15, 0.2) is 0 Å². The molecule has 2 aliphatic rings. The molecule has 0 amide bonds. The van der Waals surface area contributed by atoms with Crippen LogP contribution >= 0.6 is 0 Å². The van der Waals surface area contributed by atoms with Crippen molar-refractivity contribution >= 4 is 15.6 Å². The van der Waals surface area contributed by atoms with Crippen LogP contribution in [0.25, 0.3) is 0 Å². The third-order valence-electron chi connectivity index (χ3n) is 4.04. The lowest BCUT2D eigenvalue weighted by Crippen LogP contribution is -2.44. The average molecular weight is 259 g/mol. The second-order valence-electron chi connectivity index (χ2n) is 5.51. The van der Waals surface area contributed by atoms with Gasteiger partial charge < -0.3 is 5.32 Å². The van der Waals surface area contributed by atoms with E-state index in [9.17, 15) is 13.2 Å². The summed E-state index contributed by atoms with van der Waals surface area (Å²) in [6, 6.07) is 0. The van der Waals surface area contributed by atoms with Crippen LogP contribution in [0.1, 0.15) is 32.1 Å². The van der Waals surface area contributed by atoms with Gasteiger partial charge in [-0.2, -0.15) is 0 Å². The number of hydrogen-bond donors (Lipinski definition) is 1. The van der Waals surface area contributed by atoms with Gasteiger partial charge in [0.1, 0.15) is 15.6 Å². The predicted octanol–water partition coefficient (Wildman–Crippen LogP) is 0.768. The van der Waals surface area contributed by atoms with Gasteiger partial charge in [-0.05, 0) is 38.3 Å². The lowest BCUT2D eigenvalue weighted by Gasteiger charge is -2.31. The first-order valence-corrected chi connectivity index (χ1v) is 8.34. The molecule has 1 aliphatic carbocycles. The summed E-state index contributed by atoms with van der Waals surface area (Å²) in [7, 11) is -2.98. The molecule has 4 nitrogen and oxygen atoms in total. The zero-order valence-electron chi connectivity index (χ0n) is 10.3. The van der Waals surface area contributed by atoms with Crippen LogP contribution in [0.5, 0.6) is 0 Å². The third-order valence-corrected chi connectivity index (χ3v) is 5.68. The van der Waals surface area contributed by atoms with E-state index in [0.717, 1.165) is 32.4 Å². The Balaban J connectivity index is 1.90. The highest BCUT2D eigenvalue weighted by Crippen LogP contribution is 2.30. The van der Waals surface area contributed by atoms with Crippen molar-refractivity contribution in [2.75, 3.05) is 19.3 Å². The maximum atomic E-state index is 12.1. The molecule has 2 rings (SSSR count). The number of carbonyl (C=O) groups is 1. The van der Waals surface area contributed by atoms with E-state index in [-0.39, 0.29) is 17.0 Å². The van der Waals surface area contributed by atoms with Crippen LogP contribution < -0.4 is 5.32 Å². The topological polar surface area (TPSA) is 63.2 Å². The summed E-state index contributed by atoms with van der Waals surface area (Å²) in [6.45, 7) is 1.88. The van der Waals surface area contributed by atoms with Crippen LogP contribution in [-0.2, 0) is 14.6 Å².